The predicted octanol–water partition coefficient (Wildman–Crippen LogP) is 1.98. The average Bonchev–Trinajstić information content (AvgIpc) is 2.55. The molecule has 5 nitrogen and oxygen atoms in total. The molecular formula is C18H24N2O3S. The summed E-state index contributed by atoms with van der Waals surface area (Å²) in [4.78, 5) is 0.0932. The normalized spacial score (nSPS) is 15.7. The van der Waals surface area contributed by atoms with Crippen LogP contribution in [0.15, 0.2) is 59.5 Å². The van der Waals surface area contributed by atoms with Crippen LogP contribution in [-0.4, -0.2) is 25.7 Å². The third-order valence-corrected chi connectivity index (χ3v) is 5.02. The maximum absolute atomic E-state index is 11.3. The van der Waals surface area contributed by atoms with E-state index >= 15 is 0 Å². The third kappa shape index (κ3) is 5.14. The van der Waals surface area contributed by atoms with Crippen LogP contribution in [0.3, 0.4) is 0 Å². The van der Waals surface area contributed by atoms with Crippen molar-refractivity contribution < 1.29 is 13.5 Å². The first-order chi connectivity index (χ1) is 11.3. The van der Waals surface area contributed by atoms with E-state index in [2.05, 4.69) is 5.32 Å². The van der Waals surface area contributed by atoms with Crippen LogP contribution in [0.4, 0.5) is 0 Å². The lowest BCUT2D eigenvalue weighted by atomic mass is 10.0. The molecule has 0 amide bonds. The molecule has 0 aliphatic carbocycles. The molecule has 0 bridgehead atoms. The van der Waals surface area contributed by atoms with E-state index in [4.69, 9.17) is 5.14 Å². The van der Waals surface area contributed by atoms with Gasteiger partial charge in [0.1, 0.15) is 0 Å². The van der Waals surface area contributed by atoms with E-state index in [0.29, 0.717) is 6.42 Å². The number of nitrogens with one attached hydrogen (secondary N) is 1. The fraction of sp³-hybridized carbons (Fsp3) is 0.333. The van der Waals surface area contributed by atoms with Gasteiger partial charge in [-0.15, -0.1) is 0 Å². The lowest BCUT2D eigenvalue weighted by Gasteiger charge is -2.25. The van der Waals surface area contributed by atoms with E-state index in [0.717, 1.165) is 11.1 Å². The Morgan fingerprint density at radius 2 is 1.62 bits per heavy atom. The molecule has 4 N–H and O–H groups in total. The van der Waals surface area contributed by atoms with Crippen LogP contribution < -0.4 is 10.5 Å². The lowest BCUT2D eigenvalue weighted by Crippen LogP contribution is -2.39. The maximum Gasteiger partial charge on any atom is 0.238 e. The SMILES string of the molecule is CC(NC(C)C(O)Cc1ccccc1)c1ccc(S(N)(=O)=O)cc1. The van der Waals surface area contributed by atoms with Crippen molar-refractivity contribution in [2.75, 3.05) is 0 Å². The van der Waals surface area contributed by atoms with Gasteiger partial charge in [0.2, 0.25) is 10.0 Å². The van der Waals surface area contributed by atoms with Crippen LogP contribution in [0.2, 0.25) is 0 Å². The quantitative estimate of drug-likeness (QED) is 0.713. The van der Waals surface area contributed by atoms with Crippen molar-refractivity contribution in [3.8, 4) is 0 Å². The maximum atomic E-state index is 11.3. The Kier molecular flexibility index (Phi) is 6.12. The Labute approximate surface area is 143 Å². The average molecular weight is 348 g/mol. The molecule has 0 heterocycles. The highest BCUT2D eigenvalue weighted by atomic mass is 32.2. The topological polar surface area (TPSA) is 92.4 Å². The van der Waals surface area contributed by atoms with Gasteiger partial charge in [-0.1, -0.05) is 42.5 Å². The van der Waals surface area contributed by atoms with Gasteiger partial charge in [-0.25, -0.2) is 13.6 Å². The summed E-state index contributed by atoms with van der Waals surface area (Å²) in [5.41, 5.74) is 2.02. The van der Waals surface area contributed by atoms with Gasteiger partial charge in [0.15, 0.2) is 0 Å². The van der Waals surface area contributed by atoms with Crippen LogP contribution in [0, 0.1) is 0 Å². The fourth-order valence-electron chi connectivity index (χ4n) is 2.58. The molecule has 0 spiro atoms. The molecule has 6 heteroatoms. The van der Waals surface area contributed by atoms with Crippen LogP contribution in [0.25, 0.3) is 0 Å². The van der Waals surface area contributed by atoms with Crippen molar-refractivity contribution in [2.45, 2.75) is 43.4 Å². The largest absolute Gasteiger partial charge is 0.391 e. The zero-order valence-electron chi connectivity index (χ0n) is 13.9. The Morgan fingerprint density at radius 1 is 1.04 bits per heavy atom. The second-order valence-electron chi connectivity index (χ2n) is 6.05. The molecule has 2 aromatic rings. The molecule has 0 radical (unpaired) electrons. The first kappa shape index (κ1) is 18.6. The van der Waals surface area contributed by atoms with Crippen molar-refractivity contribution in [2.24, 2.45) is 5.14 Å². The van der Waals surface area contributed by atoms with Gasteiger partial charge in [0, 0.05) is 12.1 Å². The van der Waals surface area contributed by atoms with Gasteiger partial charge < -0.3 is 10.4 Å². The molecule has 0 saturated carbocycles. The smallest absolute Gasteiger partial charge is 0.238 e. The van der Waals surface area contributed by atoms with E-state index in [1.54, 1.807) is 12.1 Å². The summed E-state index contributed by atoms with van der Waals surface area (Å²) < 4.78 is 22.6. The van der Waals surface area contributed by atoms with Gasteiger partial charge >= 0.3 is 0 Å². The molecule has 2 aromatic carbocycles. The fourth-order valence-corrected chi connectivity index (χ4v) is 3.10. The first-order valence-corrected chi connectivity index (χ1v) is 9.43. The minimum Gasteiger partial charge on any atom is -0.391 e. The predicted molar refractivity (Wildman–Crippen MR) is 95.0 cm³/mol. The highest BCUT2D eigenvalue weighted by Crippen LogP contribution is 2.17. The van der Waals surface area contributed by atoms with Crippen LogP contribution in [0.5, 0.6) is 0 Å². The van der Waals surface area contributed by atoms with Gasteiger partial charge in [-0.3, -0.25) is 0 Å². The Morgan fingerprint density at radius 3 is 2.17 bits per heavy atom. The summed E-state index contributed by atoms with van der Waals surface area (Å²) in [6.45, 7) is 3.90. The highest BCUT2D eigenvalue weighted by molar-refractivity contribution is 7.89. The van der Waals surface area contributed by atoms with Crippen molar-refractivity contribution in [1.82, 2.24) is 5.32 Å². The number of sulfonamides is 1. The second-order valence-corrected chi connectivity index (χ2v) is 7.61. The number of rotatable bonds is 7. The molecule has 3 unspecified atom stereocenters. The van der Waals surface area contributed by atoms with Crippen molar-refractivity contribution in [3.63, 3.8) is 0 Å². The molecule has 0 fully saturated rings. The van der Waals surface area contributed by atoms with E-state index in [1.165, 1.54) is 12.1 Å². The molecular weight excluding hydrogens is 324 g/mol. The van der Waals surface area contributed by atoms with Gasteiger partial charge in [0.05, 0.1) is 11.0 Å². The molecule has 2 rings (SSSR count). The van der Waals surface area contributed by atoms with Crippen LogP contribution in [0.1, 0.15) is 31.0 Å². The minimum atomic E-state index is -3.68. The van der Waals surface area contributed by atoms with Gasteiger partial charge in [-0.05, 0) is 43.5 Å². The van der Waals surface area contributed by atoms with E-state index < -0.39 is 16.1 Å². The zero-order chi connectivity index (χ0) is 17.7. The van der Waals surface area contributed by atoms with E-state index in [-0.39, 0.29) is 17.0 Å². The van der Waals surface area contributed by atoms with Crippen molar-refractivity contribution >= 4 is 10.0 Å². The van der Waals surface area contributed by atoms with E-state index in [9.17, 15) is 13.5 Å². The molecule has 0 aliphatic rings. The van der Waals surface area contributed by atoms with E-state index in [1.807, 2.05) is 44.2 Å². The Balaban J connectivity index is 1.96. The lowest BCUT2D eigenvalue weighted by molar-refractivity contribution is 0.129. The number of hydrogen-bond donors (Lipinski definition) is 3. The molecule has 0 aliphatic heterocycles. The molecule has 3 atom stereocenters. The third-order valence-electron chi connectivity index (χ3n) is 4.09. The number of primary sulfonamides is 1. The number of benzene rings is 2. The van der Waals surface area contributed by atoms with Crippen molar-refractivity contribution in [3.05, 3.63) is 65.7 Å². The molecule has 24 heavy (non-hydrogen) atoms. The summed E-state index contributed by atoms with van der Waals surface area (Å²) in [6.07, 6.45) is 0.0602. The standard InChI is InChI=1S/C18H24N2O3S/c1-13(16-8-10-17(11-9-16)24(19,22)23)20-14(2)18(21)12-15-6-4-3-5-7-15/h3-11,13-14,18,20-21H,12H2,1-2H3,(H2,19,22,23). The molecule has 130 valence electrons. The van der Waals surface area contributed by atoms with Gasteiger partial charge in [0.25, 0.3) is 0 Å². The molecule has 0 aromatic heterocycles. The number of aliphatic hydroxyl groups is 1. The summed E-state index contributed by atoms with van der Waals surface area (Å²) in [6, 6.07) is 16.1. The summed E-state index contributed by atoms with van der Waals surface area (Å²) >= 11 is 0. The van der Waals surface area contributed by atoms with Crippen LogP contribution in [-0.2, 0) is 16.4 Å². The Bertz CT molecular complexity index is 746. The summed E-state index contributed by atoms with van der Waals surface area (Å²) in [7, 11) is -3.68. The summed E-state index contributed by atoms with van der Waals surface area (Å²) in [5, 5.41) is 18.8. The van der Waals surface area contributed by atoms with Crippen LogP contribution >= 0.6 is 0 Å². The number of nitrogens with two attached hydrogens (primary N) is 1. The molecule has 0 saturated heterocycles. The zero-order valence-corrected chi connectivity index (χ0v) is 14.7. The second kappa shape index (κ2) is 7.90. The number of aliphatic hydroxyl groups excluding tert-OH is 1. The monoisotopic (exact) mass is 348 g/mol. The van der Waals surface area contributed by atoms with Gasteiger partial charge in [-0.2, -0.15) is 0 Å². The highest BCUT2D eigenvalue weighted by Gasteiger charge is 2.18. The Hall–Kier alpha value is -1.73. The first-order valence-electron chi connectivity index (χ1n) is 7.88. The van der Waals surface area contributed by atoms with Crippen molar-refractivity contribution in [1.29, 1.82) is 0 Å². The number of hydrogen-bond acceptors (Lipinski definition) is 4. The minimum absolute atomic E-state index is 0.0278. The summed E-state index contributed by atoms with van der Waals surface area (Å²) in [5.74, 6) is 0.